The van der Waals surface area contributed by atoms with E-state index in [0.29, 0.717) is 32.9 Å². The number of hydrogen-bond acceptors (Lipinski definition) is 4. The molecule has 2 amide bonds. The van der Waals surface area contributed by atoms with Gasteiger partial charge in [0, 0.05) is 22.5 Å². The lowest BCUT2D eigenvalue weighted by atomic mass is 10.1. The molecule has 0 atom stereocenters. The fourth-order valence-electron chi connectivity index (χ4n) is 2.54. The van der Waals surface area contributed by atoms with E-state index >= 15 is 0 Å². The molecule has 0 aliphatic heterocycles. The van der Waals surface area contributed by atoms with Crippen LogP contribution in [0, 0.1) is 5.82 Å². The van der Waals surface area contributed by atoms with Crippen molar-refractivity contribution in [3.63, 3.8) is 0 Å². The lowest BCUT2D eigenvalue weighted by molar-refractivity contribution is -0.116. The first-order valence-electron chi connectivity index (χ1n) is 8.68. The highest BCUT2D eigenvalue weighted by Crippen LogP contribution is 2.22. The second-order valence-electron chi connectivity index (χ2n) is 6.16. The maximum atomic E-state index is 13.8. The van der Waals surface area contributed by atoms with Gasteiger partial charge in [0.1, 0.15) is 11.6 Å². The molecule has 3 rings (SSSR count). The molecule has 0 unspecified atom stereocenters. The van der Waals surface area contributed by atoms with Crippen LogP contribution < -0.4 is 15.8 Å². The number of carbonyl (C=O) groups is 2. The summed E-state index contributed by atoms with van der Waals surface area (Å²) in [4.78, 5) is 27.4. The molecule has 6 nitrogen and oxygen atoms in total. The van der Waals surface area contributed by atoms with Crippen molar-refractivity contribution in [2.45, 2.75) is 12.8 Å². The molecule has 0 bridgehead atoms. The summed E-state index contributed by atoms with van der Waals surface area (Å²) in [6, 6.07) is 14.4. The lowest BCUT2D eigenvalue weighted by Crippen LogP contribution is -2.13. The van der Waals surface area contributed by atoms with E-state index in [1.807, 2.05) is 0 Å². The molecular formula is C21H17BrFN3O3. The van der Waals surface area contributed by atoms with Gasteiger partial charge in [-0.2, -0.15) is 0 Å². The van der Waals surface area contributed by atoms with Gasteiger partial charge in [0.25, 0.3) is 0 Å². The van der Waals surface area contributed by atoms with Gasteiger partial charge < -0.3 is 15.8 Å². The molecule has 8 heteroatoms. The Kier molecular flexibility index (Phi) is 6.56. The zero-order valence-corrected chi connectivity index (χ0v) is 16.8. The van der Waals surface area contributed by atoms with E-state index in [2.05, 4.69) is 26.2 Å². The molecule has 1 aromatic heterocycles. The predicted octanol–water partition coefficient (Wildman–Crippen LogP) is 4.45. The van der Waals surface area contributed by atoms with Crippen LogP contribution in [0.25, 0.3) is 0 Å². The maximum Gasteiger partial charge on any atom is 0.248 e. The summed E-state index contributed by atoms with van der Waals surface area (Å²) in [5, 5.41) is 2.71. The number of ether oxygens (including phenoxy) is 1. The molecule has 0 radical (unpaired) electrons. The molecule has 0 fully saturated rings. The number of nitrogens with zero attached hydrogens (tertiary/aromatic N) is 1. The van der Waals surface area contributed by atoms with E-state index in [0.717, 1.165) is 0 Å². The van der Waals surface area contributed by atoms with Gasteiger partial charge in [0.05, 0.1) is 11.9 Å². The average molecular weight is 458 g/mol. The first kappa shape index (κ1) is 20.5. The lowest BCUT2D eigenvalue weighted by Gasteiger charge is -2.08. The second-order valence-corrected chi connectivity index (χ2v) is 7.08. The standard InChI is InChI=1S/C21H17BrFN3O3/c22-15-6-4-13(18(23)11-15)5-8-19(27)26-16-7-9-20(25-12-16)29-17-3-1-2-14(10-17)21(24)28/h1-4,6-7,9-12H,5,8H2,(H2,24,28)(H,26,27). The van der Waals surface area contributed by atoms with E-state index in [-0.39, 0.29) is 24.6 Å². The van der Waals surface area contributed by atoms with Crippen LogP contribution in [0.15, 0.2) is 65.3 Å². The Balaban J connectivity index is 1.55. The van der Waals surface area contributed by atoms with Gasteiger partial charge in [-0.15, -0.1) is 0 Å². The minimum absolute atomic E-state index is 0.136. The summed E-state index contributed by atoms with van der Waals surface area (Å²) in [5.41, 5.74) is 6.54. The maximum absolute atomic E-state index is 13.8. The number of nitrogens with two attached hydrogens (primary N) is 1. The van der Waals surface area contributed by atoms with E-state index in [1.54, 1.807) is 42.5 Å². The van der Waals surface area contributed by atoms with Gasteiger partial charge in [0.2, 0.25) is 17.7 Å². The zero-order valence-electron chi connectivity index (χ0n) is 15.2. The molecule has 1 heterocycles. The van der Waals surface area contributed by atoms with Gasteiger partial charge in [0.15, 0.2) is 0 Å². The van der Waals surface area contributed by atoms with E-state index < -0.39 is 5.91 Å². The zero-order chi connectivity index (χ0) is 20.8. The molecule has 0 saturated heterocycles. The summed E-state index contributed by atoms with van der Waals surface area (Å²) < 4.78 is 20.0. The Labute approximate surface area is 175 Å². The normalized spacial score (nSPS) is 10.4. The van der Waals surface area contributed by atoms with Crippen molar-refractivity contribution in [2.24, 2.45) is 5.73 Å². The van der Waals surface area contributed by atoms with Crippen LogP contribution in [0.3, 0.4) is 0 Å². The minimum Gasteiger partial charge on any atom is -0.439 e. The number of hydrogen-bond donors (Lipinski definition) is 2. The molecule has 148 valence electrons. The van der Waals surface area contributed by atoms with Crippen LogP contribution in [-0.4, -0.2) is 16.8 Å². The van der Waals surface area contributed by atoms with Crippen molar-refractivity contribution in [1.82, 2.24) is 4.98 Å². The van der Waals surface area contributed by atoms with E-state index in [1.165, 1.54) is 18.3 Å². The van der Waals surface area contributed by atoms with Crippen LogP contribution in [0.4, 0.5) is 10.1 Å². The van der Waals surface area contributed by atoms with Crippen molar-refractivity contribution < 1.29 is 18.7 Å². The van der Waals surface area contributed by atoms with Crippen molar-refractivity contribution in [1.29, 1.82) is 0 Å². The molecule has 0 aliphatic carbocycles. The molecule has 3 aromatic rings. The highest BCUT2D eigenvalue weighted by Gasteiger charge is 2.08. The van der Waals surface area contributed by atoms with Crippen molar-refractivity contribution in [2.75, 3.05) is 5.32 Å². The first-order chi connectivity index (χ1) is 13.9. The predicted molar refractivity (Wildman–Crippen MR) is 110 cm³/mol. The highest BCUT2D eigenvalue weighted by atomic mass is 79.9. The fraction of sp³-hybridized carbons (Fsp3) is 0.0952. The molecule has 0 saturated carbocycles. The summed E-state index contributed by atoms with van der Waals surface area (Å²) in [6.45, 7) is 0. The number of carbonyl (C=O) groups excluding carboxylic acids is 2. The molecule has 29 heavy (non-hydrogen) atoms. The Morgan fingerprint density at radius 1 is 1.14 bits per heavy atom. The Bertz CT molecular complexity index is 1040. The molecule has 0 aliphatic rings. The number of aryl methyl sites for hydroxylation is 1. The first-order valence-corrected chi connectivity index (χ1v) is 9.47. The molecule has 2 aromatic carbocycles. The third kappa shape index (κ3) is 5.86. The summed E-state index contributed by atoms with van der Waals surface area (Å²) >= 11 is 3.20. The Morgan fingerprint density at radius 2 is 1.97 bits per heavy atom. The van der Waals surface area contributed by atoms with Crippen LogP contribution in [0.1, 0.15) is 22.3 Å². The van der Waals surface area contributed by atoms with Gasteiger partial charge in [-0.1, -0.05) is 28.1 Å². The molecule has 3 N–H and O–H groups in total. The Morgan fingerprint density at radius 3 is 2.66 bits per heavy atom. The average Bonchev–Trinajstić information content (AvgIpc) is 2.69. The number of anilines is 1. The molecule has 0 spiro atoms. The van der Waals surface area contributed by atoms with E-state index in [9.17, 15) is 14.0 Å². The summed E-state index contributed by atoms with van der Waals surface area (Å²) in [7, 11) is 0. The van der Waals surface area contributed by atoms with Crippen LogP contribution in [-0.2, 0) is 11.2 Å². The van der Waals surface area contributed by atoms with Gasteiger partial charge in [-0.3, -0.25) is 9.59 Å². The number of amides is 2. The smallest absolute Gasteiger partial charge is 0.248 e. The number of pyridine rings is 1. The Hall–Kier alpha value is -3.26. The van der Waals surface area contributed by atoms with E-state index in [4.69, 9.17) is 10.5 Å². The summed E-state index contributed by atoms with van der Waals surface area (Å²) in [6.07, 6.45) is 1.87. The minimum atomic E-state index is -0.551. The topological polar surface area (TPSA) is 94.3 Å². The fourth-order valence-corrected chi connectivity index (χ4v) is 2.88. The van der Waals surface area contributed by atoms with Crippen LogP contribution >= 0.6 is 15.9 Å². The molecular weight excluding hydrogens is 441 g/mol. The highest BCUT2D eigenvalue weighted by molar-refractivity contribution is 9.10. The quantitative estimate of drug-likeness (QED) is 0.547. The van der Waals surface area contributed by atoms with Crippen molar-refractivity contribution >= 4 is 33.4 Å². The second kappa shape index (κ2) is 9.29. The number of rotatable bonds is 7. The third-order valence-electron chi connectivity index (χ3n) is 4.00. The summed E-state index contributed by atoms with van der Waals surface area (Å²) in [5.74, 6) is -0.444. The van der Waals surface area contributed by atoms with Crippen molar-refractivity contribution in [3.8, 4) is 11.6 Å². The monoisotopic (exact) mass is 457 g/mol. The third-order valence-corrected chi connectivity index (χ3v) is 4.49. The number of aromatic nitrogens is 1. The van der Waals surface area contributed by atoms with Crippen LogP contribution in [0.2, 0.25) is 0 Å². The largest absolute Gasteiger partial charge is 0.439 e. The number of nitrogens with one attached hydrogen (secondary N) is 1. The van der Waals surface area contributed by atoms with Crippen LogP contribution in [0.5, 0.6) is 11.6 Å². The SMILES string of the molecule is NC(=O)c1cccc(Oc2ccc(NC(=O)CCc3ccc(Br)cc3F)cn2)c1. The van der Waals surface area contributed by atoms with Gasteiger partial charge in [-0.25, -0.2) is 9.37 Å². The van der Waals surface area contributed by atoms with Gasteiger partial charge >= 0.3 is 0 Å². The van der Waals surface area contributed by atoms with Crippen molar-refractivity contribution in [3.05, 3.63) is 82.2 Å². The number of halogens is 2. The van der Waals surface area contributed by atoms with Gasteiger partial charge in [-0.05, 0) is 48.4 Å². The number of primary amides is 1. The number of benzene rings is 2.